The highest BCUT2D eigenvalue weighted by atomic mass is 16.5. The molecule has 0 aliphatic heterocycles. The maximum atomic E-state index is 5.02. The van der Waals surface area contributed by atoms with E-state index in [0.717, 1.165) is 19.7 Å². The molecule has 0 aromatic rings. The SMILES string of the molecule is CCC(CNC)N(C)CCOC. The van der Waals surface area contributed by atoms with Crippen LogP contribution < -0.4 is 5.32 Å². The summed E-state index contributed by atoms with van der Waals surface area (Å²) in [5.74, 6) is 0. The van der Waals surface area contributed by atoms with Gasteiger partial charge in [-0.2, -0.15) is 0 Å². The van der Waals surface area contributed by atoms with E-state index in [1.807, 2.05) is 7.05 Å². The van der Waals surface area contributed by atoms with E-state index in [1.54, 1.807) is 7.11 Å². The van der Waals surface area contributed by atoms with Gasteiger partial charge in [0.1, 0.15) is 0 Å². The third-order valence-electron chi connectivity index (χ3n) is 2.18. The quantitative estimate of drug-likeness (QED) is 0.610. The Hall–Kier alpha value is -0.120. The Balaban J connectivity index is 3.60. The molecule has 0 saturated carbocycles. The van der Waals surface area contributed by atoms with E-state index >= 15 is 0 Å². The Labute approximate surface area is 76.1 Å². The Morgan fingerprint density at radius 2 is 2.17 bits per heavy atom. The molecule has 0 bridgehead atoms. The van der Waals surface area contributed by atoms with E-state index in [-0.39, 0.29) is 0 Å². The van der Waals surface area contributed by atoms with Crippen LogP contribution in [0.2, 0.25) is 0 Å². The summed E-state index contributed by atoms with van der Waals surface area (Å²) >= 11 is 0. The van der Waals surface area contributed by atoms with Gasteiger partial charge in [-0.1, -0.05) is 6.92 Å². The molecule has 12 heavy (non-hydrogen) atoms. The third-order valence-corrected chi connectivity index (χ3v) is 2.18. The van der Waals surface area contributed by atoms with Crippen molar-refractivity contribution in [2.75, 3.05) is 40.9 Å². The van der Waals surface area contributed by atoms with Gasteiger partial charge in [0, 0.05) is 26.2 Å². The average Bonchev–Trinajstić information content (AvgIpc) is 2.10. The van der Waals surface area contributed by atoms with Crippen LogP contribution in [-0.2, 0) is 4.74 Å². The van der Waals surface area contributed by atoms with Crippen molar-refractivity contribution in [2.24, 2.45) is 0 Å². The molecule has 3 heteroatoms. The van der Waals surface area contributed by atoms with E-state index in [1.165, 1.54) is 6.42 Å². The minimum absolute atomic E-state index is 0.630. The summed E-state index contributed by atoms with van der Waals surface area (Å²) in [5.41, 5.74) is 0. The van der Waals surface area contributed by atoms with Gasteiger partial charge in [-0.25, -0.2) is 0 Å². The molecule has 0 aromatic heterocycles. The fourth-order valence-corrected chi connectivity index (χ4v) is 1.27. The van der Waals surface area contributed by atoms with Gasteiger partial charge in [0.15, 0.2) is 0 Å². The molecular weight excluding hydrogens is 152 g/mol. The summed E-state index contributed by atoms with van der Waals surface area (Å²) in [5, 5.41) is 3.19. The topological polar surface area (TPSA) is 24.5 Å². The van der Waals surface area contributed by atoms with Gasteiger partial charge in [-0.15, -0.1) is 0 Å². The van der Waals surface area contributed by atoms with Gasteiger partial charge in [-0.3, -0.25) is 4.90 Å². The molecule has 1 unspecified atom stereocenters. The molecule has 0 aliphatic carbocycles. The highest BCUT2D eigenvalue weighted by molar-refractivity contribution is 4.68. The highest BCUT2D eigenvalue weighted by Gasteiger charge is 2.10. The lowest BCUT2D eigenvalue weighted by Crippen LogP contribution is -2.40. The number of methoxy groups -OCH3 is 1. The van der Waals surface area contributed by atoms with Crippen LogP contribution in [0.5, 0.6) is 0 Å². The number of nitrogens with zero attached hydrogens (tertiary/aromatic N) is 1. The molecule has 0 heterocycles. The molecule has 0 radical (unpaired) electrons. The van der Waals surface area contributed by atoms with Crippen LogP contribution >= 0.6 is 0 Å². The highest BCUT2D eigenvalue weighted by Crippen LogP contribution is 1.99. The average molecular weight is 174 g/mol. The molecule has 0 saturated heterocycles. The lowest BCUT2D eigenvalue weighted by molar-refractivity contribution is 0.136. The number of hydrogen-bond acceptors (Lipinski definition) is 3. The molecule has 0 fully saturated rings. The molecule has 0 rings (SSSR count). The Morgan fingerprint density at radius 3 is 2.58 bits per heavy atom. The number of likely N-dealkylation sites (N-methyl/N-ethyl adjacent to an activating group) is 2. The van der Waals surface area contributed by atoms with Crippen LogP contribution in [0.25, 0.3) is 0 Å². The third kappa shape index (κ3) is 4.70. The van der Waals surface area contributed by atoms with Gasteiger partial charge in [0.05, 0.1) is 6.61 Å². The van der Waals surface area contributed by atoms with Crippen LogP contribution in [0.3, 0.4) is 0 Å². The fourth-order valence-electron chi connectivity index (χ4n) is 1.27. The molecule has 0 amide bonds. The van der Waals surface area contributed by atoms with E-state index in [2.05, 4.69) is 24.2 Å². The Morgan fingerprint density at radius 1 is 1.50 bits per heavy atom. The van der Waals surface area contributed by atoms with Crippen molar-refractivity contribution < 1.29 is 4.74 Å². The zero-order chi connectivity index (χ0) is 9.40. The maximum Gasteiger partial charge on any atom is 0.0589 e. The first-order valence-corrected chi connectivity index (χ1v) is 4.60. The second kappa shape index (κ2) is 7.53. The first kappa shape index (κ1) is 11.9. The number of ether oxygens (including phenoxy) is 1. The molecule has 1 N–H and O–H groups in total. The number of rotatable bonds is 7. The van der Waals surface area contributed by atoms with E-state index in [9.17, 15) is 0 Å². The van der Waals surface area contributed by atoms with Crippen LogP contribution in [-0.4, -0.2) is 51.8 Å². The summed E-state index contributed by atoms with van der Waals surface area (Å²) < 4.78 is 5.02. The first-order chi connectivity index (χ1) is 5.76. The van der Waals surface area contributed by atoms with E-state index in [0.29, 0.717) is 6.04 Å². The fraction of sp³-hybridized carbons (Fsp3) is 1.00. The van der Waals surface area contributed by atoms with Crippen molar-refractivity contribution >= 4 is 0 Å². The molecular formula is C9H22N2O. The smallest absolute Gasteiger partial charge is 0.0589 e. The van der Waals surface area contributed by atoms with Crippen LogP contribution in [0.4, 0.5) is 0 Å². The minimum atomic E-state index is 0.630. The lowest BCUT2D eigenvalue weighted by atomic mass is 10.2. The predicted octanol–water partition coefficient (Wildman–Crippen LogP) is 0.563. The summed E-state index contributed by atoms with van der Waals surface area (Å²) in [6.45, 7) is 5.09. The minimum Gasteiger partial charge on any atom is -0.383 e. The van der Waals surface area contributed by atoms with Crippen molar-refractivity contribution in [3.8, 4) is 0 Å². The van der Waals surface area contributed by atoms with Gasteiger partial charge < -0.3 is 10.1 Å². The molecule has 74 valence electrons. The summed E-state index contributed by atoms with van der Waals surface area (Å²) in [7, 11) is 5.88. The van der Waals surface area contributed by atoms with Crippen molar-refractivity contribution in [1.29, 1.82) is 0 Å². The van der Waals surface area contributed by atoms with E-state index < -0.39 is 0 Å². The summed E-state index contributed by atoms with van der Waals surface area (Å²) in [4.78, 5) is 2.33. The van der Waals surface area contributed by atoms with Crippen LogP contribution in [0.15, 0.2) is 0 Å². The van der Waals surface area contributed by atoms with Crippen molar-refractivity contribution in [2.45, 2.75) is 19.4 Å². The summed E-state index contributed by atoms with van der Waals surface area (Å²) in [6, 6.07) is 0.630. The monoisotopic (exact) mass is 174 g/mol. The maximum absolute atomic E-state index is 5.02. The first-order valence-electron chi connectivity index (χ1n) is 4.60. The van der Waals surface area contributed by atoms with Gasteiger partial charge >= 0.3 is 0 Å². The van der Waals surface area contributed by atoms with Gasteiger partial charge in [0.2, 0.25) is 0 Å². The molecule has 1 atom stereocenters. The number of hydrogen-bond donors (Lipinski definition) is 1. The standard InChI is InChI=1S/C9H22N2O/c1-5-9(8-10-2)11(3)6-7-12-4/h9-10H,5-8H2,1-4H3. The molecule has 0 spiro atoms. The predicted molar refractivity (Wildman–Crippen MR) is 52.5 cm³/mol. The zero-order valence-electron chi connectivity index (χ0n) is 8.76. The number of nitrogens with one attached hydrogen (secondary N) is 1. The summed E-state index contributed by atoms with van der Waals surface area (Å²) in [6.07, 6.45) is 1.18. The Bertz CT molecular complexity index is 98.5. The molecule has 0 aliphatic rings. The lowest BCUT2D eigenvalue weighted by Gasteiger charge is -2.26. The zero-order valence-corrected chi connectivity index (χ0v) is 8.76. The van der Waals surface area contributed by atoms with E-state index in [4.69, 9.17) is 4.74 Å². The van der Waals surface area contributed by atoms with Crippen molar-refractivity contribution in [3.63, 3.8) is 0 Å². The van der Waals surface area contributed by atoms with Gasteiger partial charge in [0.25, 0.3) is 0 Å². The molecule has 0 aromatic carbocycles. The van der Waals surface area contributed by atoms with Gasteiger partial charge in [-0.05, 0) is 20.5 Å². The second-order valence-electron chi connectivity index (χ2n) is 3.09. The van der Waals surface area contributed by atoms with Crippen LogP contribution in [0, 0.1) is 0 Å². The normalized spacial score (nSPS) is 13.8. The molecule has 3 nitrogen and oxygen atoms in total. The second-order valence-corrected chi connectivity index (χ2v) is 3.09. The largest absolute Gasteiger partial charge is 0.383 e. The van der Waals surface area contributed by atoms with Crippen LogP contribution in [0.1, 0.15) is 13.3 Å². The Kier molecular flexibility index (Phi) is 7.45. The van der Waals surface area contributed by atoms with Crippen molar-refractivity contribution in [3.05, 3.63) is 0 Å². The van der Waals surface area contributed by atoms with Crippen molar-refractivity contribution in [1.82, 2.24) is 10.2 Å².